The fraction of sp³-hybridized carbons (Fsp3) is 0. The Morgan fingerprint density at radius 1 is 1.08 bits per heavy atom. The molecule has 0 atom stereocenters. The Hall–Kier alpha value is -3.59. The molecule has 128 valence electrons. The van der Waals surface area contributed by atoms with Crippen molar-refractivity contribution in [1.29, 1.82) is 0 Å². The fourth-order valence-corrected chi connectivity index (χ4v) is 2.71. The zero-order valence-electron chi connectivity index (χ0n) is 13.1. The molecule has 3 aromatic heterocycles. The zero-order valence-corrected chi connectivity index (χ0v) is 13.8. The second-order valence-electron chi connectivity index (χ2n) is 5.22. The Labute approximate surface area is 151 Å². The van der Waals surface area contributed by atoms with Crippen molar-refractivity contribution in [1.82, 2.24) is 24.5 Å². The van der Waals surface area contributed by atoms with Crippen molar-refractivity contribution in [3.05, 3.63) is 70.5 Å². The number of anilines is 2. The van der Waals surface area contributed by atoms with Gasteiger partial charge in [0, 0.05) is 6.20 Å². The summed E-state index contributed by atoms with van der Waals surface area (Å²) in [5, 5.41) is 14.8. The van der Waals surface area contributed by atoms with Crippen LogP contribution in [0, 0.1) is 10.1 Å². The lowest BCUT2D eigenvalue weighted by molar-refractivity contribution is -0.384. The van der Waals surface area contributed by atoms with Gasteiger partial charge >= 0.3 is 5.69 Å². The number of pyridine rings is 1. The van der Waals surface area contributed by atoms with Gasteiger partial charge in [-0.1, -0.05) is 23.7 Å². The van der Waals surface area contributed by atoms with E-state index < -0.39 is 4.92 Å². The minimum atomic E-state index is -0.545. The zero-order chi connectivity index (χ0) is 18.1. The van der Waals surface area contributed by atoms with Crippen molar-refractivity contribution in [2.45, 2.75) is 0 Å². The van der Waals surface area contributed by atoms with Gasteiger partial charge in [0.15, 0.2) is 5.15 Å². The van der Waals surface area contributed by atoms with Gasteiger partial charge in [-0.3, -0.25) is 14.7 Å². The van der Waals surface area contributed by atoms with Crippen LogP contribution in [0.3, 0.4) is 0 Å². The minimum Gasteiger partial charge on any atom is -0.332 e. The molecule has 4 aromatic rings. The van der Waals surface area contributed by atoms with E-state index in [-0.39, 0.29) is 22.5 Å². The van der Waals surface area contributed by atoms with E-state index in [0.717, 1.165) is 0 Å². The Balaban J connectivity index is 1.89. The van der Waals surface area contributed by atoms with Gasteiger partial charge in [0.2, 0.25) is 11.6 Å². The summed E-state index contributed by atoms with van der Waals surface area (Å²) in [4.78, 5) is 27.5. The summed E-state index contributed by atoms with van der Waals surface area (Å²) >= 11 is 6.02. The number of para-hydroxylation sites is 2. The van der Waals surface area contributed by atoms with Gasteiger partial charge in [0.05, 0.1) is 21.6 Å². The highest BCUT2D eigenvalue weighted by molar-refractivity contribution is 6.32. The van der Waals surface area contributed by atoms with Crippen molar-refractivity contribution in [3.8, 4) is 5.82 Å². The lowest BCUT2D eigenvalue weighted by Gasteiger charge is -2.10. The van der Waals surface area contributed by atoms with Crippen LogP contribution in [0.15, 0.2) is 55.2 Å². The summed E-state index contributed by atoms with van der Waals surface area (Å²) < 4.78 is 1.55. The molecule has 10 heteroatoms. The number of fused-ring (bicyclic) bond motifs is 1. The molecule has 0 bridgehead atoms. The Morgan fingerprint density at radius 3 is 2.73 bits per heavy atom. The Morgan fingerprint density at radius 2 is 1.92 bits per heavy atom. The van der Waals surface area contributed by atoms with Gasteiger partial charge in [-0.25, -0.2) is 19.9 Å². The minimum absolute atomic E-state index is 0.00711. The van der Waals surface area contributed by atoms with Crippen molar-refractivity contribution in [3.63, 3.8) is 0 Å². The van der Waals surface area contributed by atoms with Gasteiger partial charge in [-0.2, -0.15) is 0 Å². The lowest BCUT2D eigenvalue weighted by Crippen LogP contribution is -2.07. The molecule has 0 amide bonds. The summed E-state index contributed by atoms with van der Waals surface area (Å²) in [6.07, 6.45) is 4.25. The Kier molecular flexibility index (Phi) is 3.90. The van der Waals surface area contributed by atoms with E-state index in [1.165, 1.54) is 18.9 Å². The standard InChI is InChI=1S/C16H10ClN7O2/c17-14-11(5-3-7-18-14)22-15-13(24(25)26)16(20-8-19-15)23-9-21-10-4-1-2-6-12(10)23/h1-9H,(H,19,20,22). The highest BCUT2D eigenvalue weighted by Gasteiger charge is 2.26. The average Bonchev–Trinajstić information content (AvgIpc) is 3.07. The molecule has 0 aliphatic rings. The second kappa shape index (κ2) is 6.37. The quantitative estimate of drug-likeness (QED) is 0.333. The molecule has 4 rings (SSSR count). The SMILES string of the molecule is O=[N+]([O-])c1c(Nc2cccnc2Cl)ncnc1-n1cnc2ccccc21. The number of aromatic nitrogens is 5. The van der Waals surface area contributed by atoms with Crippen LogP contribution in [-0.4, -0.2) is 29.4 Å². The van der Waals surface area contributed by atoms with Crippen LogP contribution in [0.5, 0.6) is 0 Å². The number of halogens is 1. The molecule has 26 heavy (non-hydrogen) atoms. The predicted molar refractivity (Wildman–Crippen MR) is 95.8 cm³/mol. The maximum atomic E-state index is 11.8. The van der Waals surface area contributed by atoms with E-state index in [9.17, 15) is 10.1 Å². The first-order valence-corrected chi connectivity index (χ1v) is 7.82. The molecular formula is C16H10ClN7O2. The number of nitro groups is 1. The van der Waals surface area contributed by atoms with Crippen LogP contribution in [-0.2, 0) is 0 Å². The van der Waals surface area contributed by atoms with Crippen LogP contribution in [0.25, 0.3) is 16.9 Å². The number of nitrogens with zero attached hydrogens (tertiary/aromatic N) is 6. The maximum Gasteiger partial charge on any atom is 0.354 e. The molecule has 1 N–H and O–H groups in total. The first-order valence-electron chi connectivity index (χ1n) is 7.44. The lowest BCUT2D eigenvalue weighted by atomic mass is 10.3. The molecule has 0 radical (unpaired) electrons. The largest absolute Gasteiger partial charge is 0.354 e. The molecule has 0 fully saturated rings. The molecule has 0 aliphatic carbocycles. The van der Waals surface area contributed by atoms with E-state index in [0.29, 0.717) is 16.7 Å². The number of imidazole rings is 1. The number of hydrogen-bond acceptors (Lipinski definition) is 7. The van der Waals surface area contributed by atoms with Crippen molar-refractivity contribution >= 4 is 39.8 Å². The van der Waals surface area contributed by atoms with Gasteiger partial charge in [0.1, 0.15) is 12.7 Å². The summed E-state index contributed by atoms with van der Waals surface area (Å²) in [5.74, 6) is 0.105. The van der Waals surface area contributed by atoms with E-state index in [4.69, 9.17) is 11.6 Å². The van der Waals surface area contributed by atoms with Gasteiger partial charge < -0.3 is 5.32 Å². The molecular weight excluding hydrogens is 358 g/mol. The normalized spacial score (nSPS) is 10.8. The van der Waals surface area contributed by atoms with Crippen molar-refractivity contribution in [2.75, 3.05) is 5.32 Å². The van der Waals surface area contributed by atoms with Gasteiger partial charge in [-0.05, 0) is 24.3 Å². The van der Waals surface area contributed by atoms with E-state index in [1.807, 2.05) is 18.2 Å². The number of benzene rings is 1. The molecule has 9 nitrogen and oxygen atoms in total. The van der Waals surface area contributed by atoms with Crippen molar-refractivity contribution in [2.24, 2.45) is 0 Å². The van der Waals surface area contributed by atoms with Gasteiger partial charge in [-0.15, -0.1) is 0 Å². The topological polar surface area (TPSA) is 112 Å². The summed E-state index contributed by atoms with van der Waals surface area (Å²) in [6.45, 7) is 0. The summed E-state index contributed by atoms with van der Waals surface area (Å²) in [7, 11) is 0. The van der Waals surface area contributed by atoms with Gasteiger partial charge in [0.25, 0.3) is 0 Å². The Bertz CT molecular complexity index is 1130. The van der Waals surface area contributed by atoms with Crippen LogP contribution in [0.2, 0.25) is 5.15 Å². The third kappa shape index (κ3) is 2.70. The average molecular weight is 368 g/mol. The van der Waals surface area contributed by atoms with E-state index in [2.05, 4.69) is 25.3 Å². The van der Waals surface area contributed by atoms with Crippen LogP contribution in [0.1, 0.15) is 0 Å². The monoisotopic (exact) mass is 367 g/mol. The molecule has 0 spiro atoms. The smallest absolute Gasteiger partial charge is 0.332 e. The van der Waals surface area contributed by atoms with Crippen LogP contribution in [0.4, 0.5) is 17.2 Å². The number of rotatable bonds is 4. The third-order valence-corrected chi connectivity index (χ3v) is 3.98. The first kappa shape index (κ1) is 15.9. The second-order valence-corrected chi connectivity index (χ2v) is 5.58. The highest BCUT2D eigenvalue weighted by atomic mass is 35.5. The molecule has 3 heterocycles. The number of hydrogen-bond donors (Lipinski definition) is 1. The number of nitrogens with one attached hydrogen (secondary N) is 1. The summed E-state index contributed by atoms with van der Waals surface area (Å²) in [6, 6.07) is 10.6. The van der Waals surface area contributed by atoms with E-state index >= 15 is 0 Å². The molecule has 0 aliphatic heterocycles. The van der Waals surface area contributed by atoms with Crippen LogP contribution >= 0.6 is 11.6 Å². The predicted octanol–water partition coefficient (Wildman–Crippen LogP) is 3.52. The molecule has 0 unspecified atom stereocenters. The fourth-order valence-electron chi connectivity index (χ4n) is 2.54. The maximum absolute atomic E-state index is 11.8. The van der Waals surface area contributed by atoms with E-state index in [1.54, 1.807) is 22.8 Å². The van der Waals surface area contributed by atoms with Crippen LogP contribution < -0.4 is 5.32 Å². The first-order chi connectivity index (χ1) is 12.6. The highest BCUT2D eigenvalue weighted by Crippen LogP contribution is 2.33. The van der Waals surface area contributed by atoms with Crippen molar-refractivity contribution < 1.29 is 4.92 Å². The molecule has 1 aromatic carbocycles. The third-order valence-electron chi connectivity index (χ3n) is 3.68. The summed E-state index contributed by atoms with van der Waals surface area (Å²) in [5.41, 5.74) is 1.50. The molecule has 0 saturated heterocycles. The molecule has 0 saturated carbocycles.